The van der Waals surface area contributed by atoms with Crippen molar-refractivity contribution in [1.82, 2.24) is 0 Å². The lowest BCUT2D eigenvalue weighted by Gasteiger charge is -2.12. The molecule has 1 unspecified atom stereocenters. The van der Waals surface area contributed by atoms with E-state index in [9.17, 15) is 4.39 Å². The fourth-order valence-corrected chi connectivity index (χ4v) is 1.02. The molecule has 0 aromatic heterocycles. The molecule has 0 bridgehead atoms. The van der Waals surface area contributed by atoms with Crippen LogP contribution in [-0.4, -0.2) is 6.61 Å². The lowest BCUT2D eigenvalue weighted by molar-refractivity contribution is 0.220. The topological polar surface area (TPSA) is 33.0 Å². The van der Waals surface area contributed by atoms with Gasteiger partial charge in [0.05, 0.1) is 18.6 Å². The van der Waals surface area contributed by atoms with Crippen LogP contribution >= 0.6 is 0 Å². The van der Waals surface area contributed by atoms with E-state index in [2.05, 4.69) is 0 Å². The summed E-state index contributed by atoms with van der Waals surface area (Å²) in [6.45, 7) is 2.20. The van der Waals surface area contributed by atoms with Gasteiger partial charge in [0.2, 0.25) is 0 Å². The summed E-state index contributed by atoms with van der Waals surface area (Å²) in [4.78, 5) is 0. The zero-order valence-electron chi connectivity index (χ0n) is 6.88. The van der Waals surface area contributed by atoms with Crippen molar-refractivity contribution in [2.45, 2.75) is 13.3 Å². The molecule has 0 aromatic carbocycles. The SMILES string of the molecule is CCOC1=CC(C#N)CC=C1F. The molecule has 0 saturated heterocycles. The minimum Gasteiger partial charge on any atom is -0.491 e. The maximum Gasteiger partial charge on any atom is 0.160 e. The summed E-state index contributed by atoms with van der Waals surface area (Å²) >= 11 is 0. The molecule has 0 aromatic rings. The van der Waals surface area contributed by atoms with Crippen LogP contribution in [0.2, 0.25) is 0 Å². The van der Waals surface area contributed by atoms with Crippen molar-refractivity contribution < 1.29 is 9.13 Å². The molecule has 12 heavy (non-hydrogen) atoms. The van der Waals surface area contributed by atoms with Crippen LogP contribution in [0.25, 0.3) is 0 Å². The molecular weight excluding hydrogens is 157 g/mol. The van der Waals surface area contributed by atoms with Crippen molar-refractivity contribution in [1.29, 1.82) is 5.26 Å². The van der Waals surface area contributed by atoms with Gasteiger partial charge in [0.1, 0.15) is 0 Å². The molecule has 0 radical (unpaired) electrons. The van der Waals surface area contributed by atoms with Crippen LogP contribution in [0.15, 0.2) is 23.7 Å². The molecule has 1 aliphatic rings. The van der Waals surface area contributed by atoms with Crippen LogP contribution in [-0.2, 0) is 4.74 Å². The molecule has 0 spiro atoms. The van der Waals surface area contributed by atoms with Crippen LogP contribution in [0.5, 0.6) is 0 Å². The summed E-state index contributed by atoms with van der Waals surface area (Å²) in [5.74, 6) is -0.398. The smallest absolute Gasteiger partial charge is 0.160 e. The van der Waals surface area contributed by atoms with Crippen LogP contribution in [0.1, 0.15) is 13.3 Å². The number of nitrogens with zero attached hydrogens (tertiary/aromatic N) is 1. The Hall–Kier alpha value is -1.30. The van der Waals surface area contributed by atoms with E-state index in [0.717, 1.165) is 0 Å². The monoisotopic (exact) mass is 167 g/mol. The van der Waals surface area contributed by atoms with Gasteiger partial charge >= 0.3 is 0 Å². The molecule has 0 fully saturated rings. The quantitative estimate of drug-likeness (QED) is 0.632. The molecule has 1 atom stereocenters. The van der Waals surface area contributed by atoms with E-state index in [4.69, 9.17) is 10.00 Å². The Bertz CT molecular complexity index is 262. The van der Waals surface area contributed by atoms with Crippen LogP contribution < -0.4 is 0 Å². The van der Waals surface area contributed by atoms with Gasteiger partial charge in [-0.15, -0.1) is 0 Å². The molecule has 1 aliphatic carbocycles. The standard InChI is InChI=1S/C9H10FNO/c1-2-12-9-5-7(6-11)3-4-8(9)10/h4-5,7H,2-3H2,1H3. The molecule has 0 amide bonds. The van der Waals surface area contributed by atoms with Crippen molar-refractivity contribution in [2.75, 3.05) is 6.61 Å². The van der Waals surface area contributed by atoms with Gasteiger partial charge in [-0.3, -0.25) is 0 Å². The lowest BCUT2D eigenvalue weighted by atomic mass is 10.0. The fourth-order valence-electron chi connectivity index (χ4n) is 1.02. The van der Waals surface area contributed by atoms with Crippen LogP contribution in [0, 0.1) is 17.2 Å². The maximum atomic E-state index is 12.9. The summed E-state index contributed by atoms with van der Waals surface area (Å²) in [6, 6.07) is 2.05. The van der Waals surface area contributed by atoms with E-state index < -0.39 is 0 Å². The second-order valence-electron chi connectivity index (χ2n) is 2.49. The number of rotatable bonds is 2. The molecule has 1 rings (SSSR count). The first kappa shape index (κ1) is 8.79. The summed E-state index contributed by atoms with van der Waals surface area (Å²) in [5.41, 5.74) is 0. The van der Waals surface area contributed by atoms with Crippen molar-refractivity contribution in [3.05, 3.63) is 23.7 Å². The van der Waals surface area contributed by atoms with Crippen molar-refractivity contribution in [3.63, 3.8) is 0 Å². The first-order valence-electron chi connectivity index (χ1n) is 3.88. The molecule has 0 aliphatic heterocycles. The highest BCUT2D eigenvalue weighted by Gasteiger charge is 2.15. The summed E-state index contributed by atoms with van der Waals surface area (Å²) in [5, 5.41) is 8.56. The average molecular weight is 167 g/mol. The Labute approximate surface area is 70.9 Å². The Morgan fingerprint density at radius 1 is 1.83 bits per heavy atom. The predicted octanol–water partition coefficient (Wildman–Crippen LogP) is 2.30. The second kappa shape index (κ2) is 3.91. The normalized spacial score (nSPS) is 22.2. The third-order valence-electron chi connectivity index (χ3n) is 1.60. The molecule has 64 valence electrons. The lowest BCUT2D eigenvalue weighted by Crippen LogP contribution is -2.03. The van der Waals surface area contributed by atoms with Crippen LogP contribution in [0.3, 0.4) is 0 Å². The van der Waals surface area contributed by atoms with Crippen molar-refractivity contribution >= 4 is 0 Å². The summed E-state index contributed by atoms with van der Waals surface area (Å²) in [6.07, 6.45) is 3.36. The Morgan fingerprint density at radius 2 is 2.58 bits per heavy atom. The Morgan fingerprint density at radius 3 is 3.17 bits per heavy atom. The molecule has 2 nitrogen and oxygen atoms in total. The molecule has 0 N–H and O–H groups in total. The molecule has 0 saturated carbocycles. The first-order valence-corrected chi connectivity index (χ1v) is 3.88. The third-order valence-corrected chi connectivity index (χ3v) is 1.60. The van der Waals surface area contributed by atoms with Crippen LogP contribution in [0.4, 0.5) is 4.39 Å². The minimum atomic E-state index is -0.358. The van der Waals surface area contributed by atoms with E-state index >= 15 is 0 Å². The highest BCUT2D eigenvalue weighted by molar-refractivity contribution is 5.27. The van der Waals surface area contributed by atoms with Gasteiger partial charge in [-0.25, -0.2) is 4.39 Å². The first-order chi connectivity index (χ1) is 5.77. The van der Waals surface area contributed by atoms with Gasteiger partial charge in [-0.1, -0.05) is 0 Å². The van der Waals surface area contributed by atoms with Gasteiger partial charge in [-0.2, -0.15) is 5.26 Å². The van der Waals surface area contributed by atoms with E-state index in [1.807, 2.05) is 6.07 Å². The van der Waals surface area contributed by atoms with Gasteiger partial charge < -0.3 is 4.74 Å². The van der Waals surface area contributed by atoms with Crippen molar-refractivity contribution in [2.24, 2.45) is 5.92 Å². The number of ether oxygens (including phenoxy) is 1. The number of nitriles is 1. The third kappa shape index (κ3) is 1.85. The van der Waals surface area contributed by atoms with E-state index in [0.29, 0.717) is 13.0 Å². The van der Waals surface area contributed by atoms with Gasteiger partial charge in [0.25, 0.3) is 0 Å². The highest BCUT2D eigenvalue weighted by atomic mass is 19.1. The van der Waals surface area contributed by atoms with Gasteiger partial charge in [0.15, 0.2) is 11.6 Å². The van der Waals surface area contributed by atoms with Gasteiger partial charge in [-0.05, 0) is 25.5 Å². The Kier molecular flexibility index (Phi) is 2.87. The number of allylic oxidation sites excluding steroid dienone is 3. The largest absolute Gasteiger partial charge is 0.491 e. The summed E-state index contributed by atoms with van der Waals surface area (Å²) in [7, 11) is 0. The van der Waals surface area contributed by atoms with E-state index in [-0.39, 0.29) is 17.5 Å². The highest BCUT2D eigenvalue weighted by Crippen LogP contribution is 2.24. The van der Waals surface area contributed by atoms with E-state index in [1.165, 1.54) is 12.2 Å². The zero-order chi connectivity index (χ0) is 8.97. The van der Waals surface area contributed by atoms with E-state index in [1.54, 1.807) is 6.92 Å². The molecule has 0 heterocycles. The number of hydrogen-bond acceptors (Lipinski definition) is 2. The zero-order valence-corrected chi connectivity index (χ0v) is 6.88. The average Bonchev–Trinajstić information content (AvgIpc) is 2.09. The maximum absolute atomic E-state index is 12.9. The summed E-state index contributed by atoms with van der Waals surface area (Å²) < 4.78 is 17.9. The minimum absolute atomic E-state index is 0.204. The number of halogens is 1. The molecule has 3 heteroatoms. The van der Waals surface area contributed by atoms with Crippen molar-refractivity contribution in [3.8, 4) is 6.07 Å². The second-order valence-corrected chi connectivity index (χ2v) is 2.49. The molecular formula is C9H10FNO. The van der Waals surface area contributed by atoms with Gasteiger partial charge in [0, 0.05) is 0 Å². The fraction of sp³-hybridized carbons (Fsp3) is 0.444. The Balaban J connectivity index is 2.73. The predicted molar refractivity (Wildman–Crippen MR) is 42.6 cm³/mol. The number of hydrogen-bond donors (Lipinski definition) is 0.